The monoisotopic (exact) mass is 208 g/mol. The summed E-state index contributed by atoms with van der Waals surface area (Å²) in [7, 11) is 1.63. The van der Waals surface area contributed by atoms with Crippen molar-refractivity contribution in [1.29, 1.82) is 0 Å². The lowest BCUT2D eigenvalue weighted by molar-refractivity contribution is 0.119. The van der Waals surface area contributed by atoms with Crippen molar-refractivity contribution >= 4 is 0 Å². The second kappa shape index (κ2) is 4.67. The van der Waals surface area contributed by atoms with Crippen molar-refractivity contribution in [2.45, 2.75) is 33.3 Å². The van der Waals surface area contributed by atoms with Gasteiger partial charge < -0.3 is 9.84 Å². The Morgan fingerprint density at radius 3 is 2.40 bits per heavy atom. The number of aliphatic hydroxyl groups excluding tert-OH is 1. The highest BCUT2D eigenvalue weighted by Gasteiger charge is 2.20. The fraction of sp³-hybridized carbons (Fsp3) is 0.538. The third kappa shape index (κ3) is 3.56. The van der Waals surface area contributed by atoms with E-state index in [-0.39, 0.29) is 5.41 Å². The molecule has 0 spiro atoms. The van der Waals surface area contributed by atoms with Gasteiger partial charge >= 0.3 is 0 Å². The number of benzene rings is 1. The Balaban J connectivity index is 2.86. The Hall–Kier alpha value is -1.02. The molecule has 0 radical (unpaired) electrons. The molecule has 15 heavy (non-hydrogen) atoms. The minimum Gasteiger partial charge on any atom is -0.496 e. The first-order valence-corrected chi connectivity index (χ1v) is 5.25. The molecule has 1 aromatic carbocycles. The van der Waals surface area contributed by atoms with Crippen molar-refractivity contribution in [2.24, 2.45) is 5.41 Å². The molecule has 1 aromatic rings. The summed E-state index contributed by atoms with van der Waals surface area (Å²) in [5.41, 5.74) is 0.982. The zero-order chi connectivity index (χ0) is 11.5. The van der Waals surface area contributed by atoms with Crippen molar-refractivity contribution in [3.8, 4) is 5.75 Å². The van der Waals surface area contributed by atoms with Crippen LogP contribution in [0.3, 0.4) is 0 Å². The Labute approximate surface area is 91.9 Å². The van der Waals surface area contributed by atoms with Gasteiger partial charge in [0.2, 0.25) is 0 Å². The summed E-state index contributed by atoms with van der Waals surface area (Å²) in [6, 6.07) is 7.62. The second-order valence-electron chi connectivity index (χ2n) is 5.02. The molecule has 0 aliphatic rings. The van der Waals surface area contributed by atoms with E-state index < -0.39 is 6.10 Å². The summed E-state index contributed by atoms with van der Waals surface area (Å²) in [6.07, 6.45) is 0.272. The van der Waals surface area contributed by atoms with Crippen molar-refractivity contribution in [3.05, 3.63) is 29.8 Å². The van der Waals surface area contributed by atoms with Crippen LogP contribution in [0, 0.1) is 5.41 Å². The van der Waals surface area contributed by atoms with Crippen LogP contribution in [0.15, 0.2) is 24.3 Å². The van der Waals surface area contributed by atoms with Gasteiger partial charge in [-0.25, -0.2) is 0 Å². The smallest absolute Gasteiger partial charge is 0.124 e. The number of aliphatic hydroxyl groups is 1. The van der Waals surface area contributed by atoms with Gasteiger partial charge in [-0.2, -0.15) is 0 Å². The number of ether oxygens (including phenoxy) is 1. The zero-order valence-corrected chi connectivity index (χ0v) is 9.95. The molecule has 0 saturated heterocycles. The average molecular weight is 208 g/mol. The number of para-hydroxylation sites is 1. The first kappa shape index (κ1) is 12.1. The van der Waals surface area contributed by atoms with E-state index in [1.807, 2.05) is 24.3 Å². The molecule has 0 amide bonds. The standard InChI is InChI=1S/C13H20O2/c1-13(2,3)9-11(14)10-7-5-6-8-12(10)15-4/h5-8,11,14H,9H2,1-4H3. The molecule has 0 aromatic heterocycles. The van der Waals surface area contributed by atoms with Gasteiger partial charge in [0.15, 0.2) is 0 Å². The minimum absolute atomic E-state index is 0.111. The summed E-state index contributed by atoms with van der Waals surface area (Å²) >= 11 is 0. The maximum Gasteiger partial charge on any atom is 0.124 e. The molecule has 2 heteroatoms. The Kier molecular flexibility index (Phi) is 3.75. The first-order valence-electron chi connectivity index (χ1n) is 5.25. The molecule has 0 aliphatic carbocycles. The largest absolute Gasteiger partial charge is 0.496 e. The molecule has 0 saturated carbocycles. The summed E-state index contributed by atoms with van der Waals surface area (Å²) in [6.45, 7) is 6.35. The molecule has 0 aliphatic heterocycles. The van der Waals surface area contributed by atoms with Gasteiger partial charge in [-0.15, -0.1) is 0 Å². The van der Waals surface area contributed by atoms with Crippen molar-refractivity contribution in [3.63, 3.8) is 0 Å². The van der Waals surface area contributed by atoms with Crippen LogP contribution in [0.1, 0.15) is 38.9 Å². The van der Waals surface area contributed by atoms with Crippen molar-refractivity contribution in [2.75, 3.05) is 7.11 Å². The quantitative estimate of drug-likeness (QED) is 0.826. The summed E-state index contributed by atoms with van der Waals surface area (Å²) in [5, 5.41) is 10.1. The minimum atomic E-state index is -0.457. The topological polar surface area (TPSA) is 29.5 Å². The SMILES string of the molecule is COc1ccccc1C(O)CC(C)(C)C. The van der Waals surface area contributed by atoms with Crippen LogP contribution in [-0.2, 0) is 0 Å². The first-order chi connectivity index (χ1) is 6.94. The van der Waals surface area contributed by atoms with E-state index in [0.717, 1.165) is 17.7 Å². The zero-order valence-electron chi connectivity index (χ0n) is 9.95. The Morgan fingerprint density at radius 1 is 1.27 bits per heavy atom. The fourth-order valence-corrected chi connectivity index (χ4v) is 1.63. The molecule has 1 unspecified atom stereocenters. The normalized spacial score (nSPS) is 13.7. The van der Waals surface area contributed by atoms with E-state index >= 15 is 0 Å². The van der Waals surface area contributed by atoms with Gasteiger partial charge in [0.1, 0.15) is 5.75 Å². The fourth-order valence-electron chi connectivity index (χ4n) is 1.63. The van der Waals surface area contributed by atoms with Crippen LogP contribution >= 0.6 is 0 Å². The Bertz CT molecular complexity index is 313. The second-order valence-corrected chi connectivity index (χ2v) is 5.02. The molecule has 0 fully saturated rings. The molecule has 0 bridgehead atoms. The van der Waals surface area contributed by atoms with Crippen molar-refractivity contribution in [1.82, 2.24) is 0 Å². The predicted octanol–water partition coefficient (Wildman–Crippen LogP) is 3.16. The lowest BCUT2D eigenvalue weighted by Crippen LogP contribution is -2.12. The molecule has 1 N–H and O–H groups in total. The van der Waals surface area contributed by atoms with Crippen LogP contribution in [0.4, 0.5) is 0 Å². The predicted molar refractivity (Wildman–Crippen MR) is 62.0 cm³/mol. The highest BCUT2D eigenvalue weighted by Crippen LogP contribution is 2.33. The molecular weight excluding hydrogens is 188 g/mol. The van der Waals surface area contributed by atoms with Crippen LogP contribution < -0.4 is 4.74 Å². The highest BCUT2D eigenvalue weighted by molar-refractivity contribution is 5.34. The summed E-state index contributed by atoms with van der Waals surface area (Å²) in [5.74, 6) is 0.759. The van der Waals surface area contributed by atoms with E-state index in [9.17, 15) is 5.11 Å². The molecule has 0 heterocycles. The van der Waals surface area contributed by atoms with Crippen LogP contribution in [0.2, 0.25) is 0 Å². The van der Waals surface area contributed by atoms with Gasteiger partial charge in [-0.3, -0.25) is 0 Å². The molecule has 2 nitrogen and oxygen atoms in total. The number of rotatable bonds is 3. The number of hydrogen-bond donors (Lipinski definition) is 1. The lowest BCUT2D eigenvalue weighted by atomic mass is 9.87. The van der Waals surface area contributed by atoms with Crippen molar-refractivity contribution < 1.29 is 9.84 Å². The van der Waals surface area contributed by atoms with Crippen LogP contribution in [-0.4, -0.2) is 12.2 Å². The highest BCUT2D eigenvalue weighted by atomic mass is 16.5. The maximum atomic E-state index is 10.1. The lowest BCUT2D eigenvalue weighted by Gasteiger charge is -2.23. The summed E-state index contributed by atoms with van der Waals surface area (Å²) < 4.78 is 5.22. The van der Waals surface area contributed by atoms with Gasteiger partial charge in [0, 0.05) is 5.56 Å². The van der Waals surface area contributed by atoms with E-state index in [4.69, 9.17) is 4.74 Å². The van der Waals surface area contributed by atoms with Gasteiger partial charge in [-0.1, -0.05) is 39.0 Å². The van der Waals surface area contributed by atoms with Gasteiger partial charge in [0.05, 0.1) is 13.2 Å². The van der Waals surface area contributed by atoms with Crippen LogP contribution in [0.5, 0.6) is 5.75 Å². The third-order valence-corrected chi connectivity index (χ3v) is 2.30. The van der Waals surface area contributed by atoms with Gasteiger partial charge in [0.25, 0.3) is 0 Å². The molecule has 1 atom stereocenters. The molecular formula is C13H20O2. The van der Waals surface area contributed by atoms with E-state index in [1.165, 1.54) is 0 Å². The summed E-state index contributed by atoms with van der Waals surface area (Å²) in [4.78, 5) is 0. The van der Waals surface area contributed by atoms with Gasteiger partial charge in [-0.05, 0) is 17.9 Å². The average Bonchev–Trinajstić information content (AvgIpc) is 2.15. The Morgan fingerprint density at radius 2 is 1.87 bits per heavy atom. The van der Waals surface area contributed by atoms with E-state index in [2.05, 4.69) is 20.8 Å². The van der Waals surface area contributed by atoms with E-state index in [1.54, 1.807) is 7.11 Å². The maximum absolute atomic E-state index is 10.1. The van der Waals surface area contributed by atoms with E-state index in [0.29, 0.717) is 0 Å². The molecule has 1 rings (SSSR count). The van der Waals surface area contributed by atoms with Crippen LogP contribution in [0.25, 0.3) is 0 Å². The number of methoxy groups -OCH3 is 1. The number of hydrogen-bond acceptors (Lipinski definition) is 2. The third-order valence-electron chi connectivity index (χ3n) is 2.30. The molecule has 84 valence electrons.